The Balaban J connectivity index is 0.00000242. The second kappa shape index (κ2) is 8.11. The first kappa shape index (κ1) is 19.9. The smallest absolute Gasteiger partial charge is 0.546 e. The maximum atomic E-state index is 11.1. The summed E-state index contributed by atoms with van der Waals surface area (Å²) in [4.78, 5) is 11.1. The van der Waals surface area contributed by atoms with Gasteiger partial charge in [0.25, 0.3) is 0 Å². The van der Waals surface area contributed by atoms with Crippen molar-refractivity contribution in [1.29, 1.82) is 0 Å². The van der Waals surface area contributed by atoms with Gasteiger partial charge in [0.2, 0.25) is 0 Å². The van der Waals surface area contributed by atoms with Gasteiger partial charge in [-0.1, -0.05) is 70.7 Å². The second-order valence-electron chi connectivity index (χ2n) is 4.13. The fourth-order valence-electron chi connectivity index (χ4n) is 1.73. The molecule has 0 fully saturated rings. The van der Waals surface area contributed by atoms with Gasteiger partial charge in [-0.3, -0.25) is 0 Å². The molecule has 110 valence electrons. The first-order valence-corrected chi connectivity index (χ1v) is 7.25. The van der Waals surface area contributed by atoms with Crippen molar-refractivity contribution in [1.82, 2.24) is 0 Å². The third kappa shape index (κ3) is 4.24. The Hall–Kier alpha value is -0.130. The molecule has 22 heavy (non-hydrogen) atoms. The third-order valence-corrected chi connectivity index (χ3v) is 4.09. The molecular formula is C14H8Cl4NNaO2. The van der Waals surface area contributed by atoms with E-state index in [0.717, 1.165) is 0 Å². The Morgan fingerprint density at radius 2 is 1.55 bits per heavy atom. The fourth-order valence-corrected chi connectivity index (χ4v) is 2.55. The molecule has 0 spiro atoms. The normalized spacial score (nSPS) is 10.7. The van der Waals surface area contributed by atoms with E-state index in [4.69, 9.17) is 46.4 Å². The van der Waals surface area contributed by atoms with E-state index >= 15 is 0 Å². The van der Waals surface area contributed by atoms with Gasteiger partial charge in [-0.05, 0) is 18.2 Å². The van der Waals surface area contributed by atoms with E-state index in [0.29, 0.717) is 21.4 Å². The maximum Gasteiger partial charge on any atom is 1.00 e. The molecule has 0 bridgehead atoms. The summed E-state index contributed by atoms with van der Waals surface area (Å²) in [5.41, 5.74) is 0.918. The molecule has 0 saturated carbocycles. The number of hydrogen-bond acceptors (Lipinski definition) is 3. The molecule has 2 rings (SSSR count). The molecule has 0 radical (unpaired) electrons. The minimum atomic E-state index is -2.20. The monoisotopic (exact) mass is 385 g/mol. The number of aliphatic carboxylic acids is 1. The van der Waals surface area contributed by atoms with Crippen LogP contribution < -0.4 is 40.0 Å². The summed E-state index contributed by atoms with van der Waals surface area (Å²) in [5, 5.41) is 14.8. The number of carbonyl (C=O) groups is 1. The predicted molar refractivity (Wildman–Crippen MR) is 84.6 cm³/mol. The molecule has 0 heterocycles. The molecule has 0 aliphatic heterocycles. The number of carbonyl (C=O) groups excluding carboxylic acids is 1. The summed E-state index contributed by atoms with van der Waals surface area (Å²) in [6.45, 7) is 0. The van der Waals surface area contributed by atoms with Crippen LogP contribution in [0.2, 0.25) is 10.0 Å². The average Bonchev–Trinajstić information content (AvgIpc) is 2.43. The largest absolute Gasteiger partial charge is 1.00 e. The van der Waals surface area contributed by atoms with Gasteiger partial charge in [0.1, 0.15) is 0 Å². The minimum Gasteiger partial charge on any atom is -0.546 e. The number of carboxylic acids is 1. The SMILES string of the molecule is O=C([O-])C(Cl)(Cl)c1ccccc1Nc1c(Cl)cccc1Cl.[Na+]. The molecule has 0 aliphatic carbocycles. The van der Waals surface area contributed by atoms with Crippen molar-refractivity contribution in [3.8, 4) is 0 Å². The number of halogens is 4. The molecule has 2 aromatic rings. The summed E-state index contributed by atoms with van der Waals surface area (Å²) in [6.07, 6.45) is 0. The van der Waals surface area contributed by atoms with E-state index in [2.05, 4.69) is 5.32 Å². The van der Waals surface area contributed by atoms with Crippen LogP contribution in [-0.2, 0) is 9.13 Å². The number of para-hydroxylation sites is 2. The topological polar surface area (TPSA) is 52.2 Å². The van der Waals surface area contributed by atoms with Gasteiger partial charge in [-0.2, -0.15) is 0 Å². The van der Waals surface area contributed by atoms with Crippen molar-refractivity contribution >= 4 is 63.7 Å². The van der Waals surface area contributed by atoms with Crippen LogP contribution in [0.3, 0.4) is 0 Å². The molecule has 2 aromatic carbocycles. The molecule has 0 atom stereocenters. The number of benzene rings is 2. The van der Waals surface area contributed by atoms with E-state index in [1.807, 2.05) is 0 Å². The quantitative estimate of drug-likeness (QED) is 0.632. The van der Waals surface area contributed by atoms with E-state index in [1.165, 1.54) is 6.07 Å². The zero-order valence-corrected chi connectivity index (χ0v) is 16.4. The summed E-state index contributed by atoms with van der Waals surface area (Å²) >= 11 is 23.8. The summed E-state index contributed by atoms with van der Waals surface area (Å²) in [5.74, 6) is -1.62. The Morgan fingerprint density at radius 1 is 1.00 bits per heavy atom. The Labute approximate surface area is 169 Å². The number of anilines is 2. The van der Waals surface area contributed by atoms with Crippen molar-refractivity contribution in [2.75, 3.05) is 5.32 Å². The Bertz CT molecular complexity index is 674. The van der Waals surface area contributed by atoms with Crippen LogP contribution in [0.15, 0.2) is 42.5 Å². The third-order valence-electron chi connectivity index (χ3n) is 2.74. The van der Waals surface area contributed by atoms with E-state index in [9.17, 15) is 9.90 Å². The maximum absolute atomic E-state index is 11.1. The molecule has 0 amide bonds. The van der Waals surface area contributed by atoms with Crippen molar-refractivity contribution in [3.05, 3.63) is 58.1 Å². The van der Waals surface area contributed by atoms with Crippen LogP contribution in [0, 0.1) is 0 Å². The van der Waals surface area contributed by atoms with Gasteiger partial charge in [0.05, 0.1) is 21.7 Å². The van der Waals surface area contributed by atoms with Crippen LogP contribution in [0.4, 0.5) is 11.4 Å². The first-order chi connectivity index (χ1) is 9.84. The summed E-state index contributed by atoms with van der Waals surface area (Å²) in [6, 6.07) is 11.4. The molecule has 0 saturated heterocycles. The molecule has 3 nitrogen and oxygen atoms in total. The van der Waals surface area contributed by atoms with Gasteiger partial charge in [0.15, 0.2) is 4.33 Å². The van der Waals surface area contributed by atoms with E-state index in [-0.39, 0.29) is 35.1 Å². The summed E-state index contributed by atoms with van der Waals surface area (Å²) < 4.78 is -2.20. The van der Waals surface area contributed by atoms with Gasteiger partial charge in [0, 0.05) is 11.3 Å². The van der Waals surface area contributed by atoms with E-state index in [1.54, 1.807) is 36.4 Å². The molecule has 1 N–H and O–H groups in total. The van der Waals surface area contributed by atoms with E-state index < -0.39 is 10.3 Å². The van der Waals surface area contributed by atoms with Crippen molar-refractivity contribution in [2.24, 2.45) is 0 Å². The first-order valence-electron chi connectivity index (χ1n) is 5.74. The number of carboxylic acid groups (broad SMARTS) is 1. The second-order valence-corrected chi connectivity index (χ2v) is 6.27. The number of nitrogens with one attached hydrogen (secondary N) is 1. The Kier molecular flexibility index (Phi) is 7.34. The Morgan fingerprint density at radius 3 is 2.09 bits per heavy atom. The van der Waals surface area contributed by atoms with Crippen molar-refractivity contribution in [3.63, 3.8) is 0 Å². The van der Waals surface area contributed by atoms with Crippen LogP contribution >= 0.6 is 46.4 Å². The van der Waals surface area contributed by atoms with Crippen LogP contribution in [0.1, 0.15) is 5.56 Å². The zero-order chi connectivity index (χ0) is 15.6. The molecule has 0 aromatic heterocycles. The average molecular weight is 387 g/mol. The molecule has 0 unspecified atom stereocenters. The van der Waals surface area contributed by atoms with Gasteiger partial charge in [-0.25, -0.2) is 0 Å². The van der Waals surface area contributed by atoms with Crippen LogP contribution in [-0.4, -0.2) is 5.97 Å². The van der Waals surface area contributed by atoms with Gasteiger partial charge in [-0.15, -0.1) is 0 Å². The van der Waals surface area contributed by atoms with Crippen LogP contribution in [0.5, 0.6) is 0 Å². The van der Waals surface area contributed by atoms with Crippen molar-refractivity contribution < 1.29 is 39.5 Å². The number of rotatable bonds is 4. The fraction of sp³-hybridized carbons (Fsp3) is 0.0714. The zero-order valence-electron chi connectivity index (χ0n) is 11.4. The van der Waals surface area contributed by atoms with Gasteiger partial charge >= 0.3 is 29.6 Å². The number of alkyl halides is 2. The standard InChI is InChI=1S/C14H9Cl4NO2.Na/c15-9-5-3-6-10(16)12(9)19-11-7-2-1-4-8(11)14(17,18)13(20)21;/h1-7,19H,(H,20,21);/q;+1/p-1. The van der Waals surface area contributed by atoms with Crippen LogP contribution in [0.25, 0.3) is 0 Å². The van der Waals surface area contributed by atoms with Crippen molar-refractivity contribution in [2.45, 2.75) is 4.33 Å². The molecule has 8 heteroatoms. The molecular weight excluding hydrogens is 379 g/mol. The number of hydrogen-bond donors (Lipinski definition) is 1. The van der Waals surface area contributed by atoms with Gasteiger partial charge < -0.3 is 15.2 Å². The molecule has 0 aliphatic rings. The minimum absolute atomic E-state index is 0. The predicted octanol–water partition coefficient (Wildman–Crippen LogP) is 1.12. The summed E-state index contributed by atoms with van der Waals surface area (Å²) in [7, 11) is 0.